The van der Waals surface area contributed by atoms with Crippen LogP contribution in [0.15, 0.2) is 142 Å². The van der Waals surface area contributed by atoms with Crippen LogP contribution in [0.3, 0.4) is 0 Å². The molecular weight excluding hydrogens is 520 g/mol. The molecule has 0 fully saturated rings. The Balaban J connectivity index is 1.42. The van der Waals surface area contributed by atoms with E-state index >= 15 is 0 Å². The number of azo groups is 2. The van der Waals surface area contributed by atoms with Crippen molar-refractivity contribution in [3.05, 3.63) is 121 Å². The third kappa shape index (κ3) is 5.40. The van der Waals surface area contributed by atoms with E-state index in [1.54, 1.807) is 0 Å². The number of hydrogen-bond donors (Lipinski definition) is 0. The van der Waals surface area contributed by atoms with Crippen LogP contribution in [0.1, 0.15) is 0 Å². The normalized spacial score (nSPS) is 11.5. The van der Waals surface area contributed by atoms with E-state index < -0.39 is 20.9 Å². The predicted molar refractivity (Wildman–Crippen MR) is 136 cm³/mol. The van der Waals surface area contributed by atoms with Gasteiger partial charge >= 0.3 is 186 Å². The van der Waals surface area contributed by atoms with E-state index in [4.69, 9.17) is 0 Å². The van der Waals surface area contributed by atoms with Gasteiger partial charge in [0, 0.05) is 0 Å². The molecule has 5 heteroatoms. The zero-order valence-electron chi connectivity index (χ0n) is 17.7. The van der Waals surface area contributed by atoms with Crippen molar-refractivity contribution in [3.8, 4) is 11.1 Å². The van der Waals surface area contributed by atoms with Gasteiger partial charge in [0.15, 0.2) is 0 Å². The minimum absolute atomic E-state index is 0.519. The van der Waals surface area contributed by atoms with Crippen molar-refractivity contribution in [1.29, 1.82) is 0 Å². The molecule has 33 heavy (non-hydrogen) atoms. The first kappa shape index (κ1) is 21.2. The number of fused-ring (bicyclic) bond motifs is 1. The van der Waals surface area contributed by atoms with Gasteiger partial charge in [-0.2, -0.15) is 0 Å². The summed E-state index contributed by atoms with van der Waals surface area (Å²) in [6, 6.07) is 40.7. The molecule has 0 saturated carbocycles. The van der Waals surface area contributed by atoms with Crippen LogP contribution in [0.2, 0.25) is 0 Å². The number of hydrogen-bond acceptors (Lipinski definition) is 4. The first-order chi connectivity index (χ1) is 16.3. The predicted octanol–water partition coefficient (Wildman–Crippen LogP) is 7.28. The van der Waals surface area contributed by atoms with Crippen molar-refractivity contribution in [2.45, 2.75) is 0 Å². The summed E-state index contributed by atoms with van der Waals surface area (Å²) in [4.78, 5) is 0. The molecule has 0 N–H and O–H groups in total. The molecule has 0 spiro atoms. The van der Waals surface area contributed by atoms with Crippen molar-refractivity contribution < 1.29 is 0 Å². The van der Waals surface area contributed by atoms with Gasteiger partial charge < -0.3 is 0 Å². The molecule has 0 radical (unpaired) electrons. The number of benzene rings is 3. The van der Waals surface area contributed by atoms with Gasteiger partial charge in [0.1, 0.15) is 0 Å². The summed E-state index contributed by atoms with van der Waals surface area (Å²) in [5.41, 5.74) is 5.58. The summed E-state index contributed by atoms with van der Waals surface area (Å²) >= 11 is -0.519. The SMILES string of the molecule is c1ccc(N=Nc2cccc(N=Nc3cc([Te]c4ccccc4)c4cccccc3-4)c2)cc1. The van der Waals surface area contributed by atoms with Gasteiger partial charge in [0.05, 0.1) is 0 Å². The number of nitrogens with zero attached hydrogens (tertiary/aromatic N) is 4. The molecule has 2 aliphatic rings. The van der Waals surface area contributed by atoms with Gasteiger partial charge in [0.25, 0.3) is 0 Å². The summed E-state index contributed by atoms with van der Waals surface area (Å²) in [6.45, 7) is 0. The van der Waals surface area contributed by atoms with E-state index in [1.165, 1.54) is 12.8 Å². The molecule has 3 aromatic carbocycles. The minimum atomic E-state index is -0.519. The van der Waals surface area contributed by atoms with Crippen molar-refractivity contribution in [2.24, 2.45) is 20.5 Å². The first-order valence-electron chi connectivity index (χ1n) is 10.6. The molecule has 3 aromatic rings. The Morgan fingerprint density at radius 3 is 1.70 bits per heavy atom. The van der Waals surface area contributed by atoms with Crippen molar-refractivity contribution in [2.75, 3.05) is 0 Å². The van der Waals surface area contributed by atoms with Gasteiger partial charge in [-0.1, -0.05) is 18.2 Å². The second-order valence-corrected chi connectivity index (χ2v) is 10.5. The molecule has 0 atom stereocenters. The Morgan fingerprint density at radius 2 is 0.970 bits per heavy atom. The van der Waals surface area contributed by atoms with Crippen LogP contribution in [0.4, 0.5) is 22.7 Å². The van der Waals surface area contributed by atoms with Crippen LogP contribution in [0.5, 0.6) is 0 Å². The molecule has 4 nitrogen and oxygen atoms in total. The van der Waals surface area contributed by atoms with E-state index in [2.05, 4.69) is 87.2 Å². The van der Waals surface area contributed by atoms with E-state index in [-0.39, 0.29) is 0 Å². The molecule has 0 unspecified atom stereocenters. The summed E-state index contributed by atoms with van der Waals surface area (Å²) < 4.78 is 2.78. The maximum atomic E-state index is 4.63. The van der Waals surface area contributed by atoms with Crippen molar-refractivity contribution in [3.63, 3.8) is 0 Å². The van der Waals surface area contributed by atoms with Gasteiger partial charge in [-0.05, 0) is 0 Å². The molecule has 2 aliphatic carbocycles. The average molecular weight is 540 g/mol. The van der Waals surface area contributed by atoms with Gasteiger partial charge in [-0.3, -0.25) is 0 Å². The van der Waals surface area contributed by atoms with Crippen LogP contribution in [-0.4, -0.2) is 20.9 Å². The van der Waals surface area contributed by atoms with Crippen LogP contribution in [0, 0.1) is 0 Å². The number of rotatable bonds is 6. The van der Waals surface area contributed by atoms with Gasteiger partial charge in [-0.15, -0.1) is 0 Å². The molecule has 0 aromatic heterocycles. The fourth-order valence-electron chi connectivity index (χ4n) is 3.39. The third-order valence-corrected chi connectivity index (χ3v) is 8.00. The molecular formula is C28H20N4Te. The smallest absolute Gasteiger partial charge is 0.0601 e. The Labute approximate surface area is 203 Å². The zero-order valence-corrected chi connectivity index (χ0v) is 20.1. The quantitative estimate of drug-likeness (QED) is 0.161. The fraction of sp³-hybridized carbons (Fsp3) is 0. The second kappa shape index (κ2) is 10.3. The van der Waals surface area contributed by atoms with Crippen LogP contribution in [-0.2, 0) is 0 Å². The molecule has 158 valence electrons. The van der Waals surface area contributed by atoms with E-state index in [0.29, 0.717) is 0 Å². The van der Waals surface area contributed by atoms with Gasteiger partial charge in [-0.25, -0.2) is 0 Å². The Bertz CT molecular complexity index is 1380. The van der Waals surface area contributed by atoms with Crippen molar-refractivity contribution in [1.82, 2.24) is 0 Å². The summed E-state index contributed by atoms with van der Waals surface area (Å²) in [5, 5.41) is 17.8. The second-order valence-electron chi connectivity index (χ2n) is 7.30. The summed E-state index contributed by atoms with van der Waals surface area (Å²) in [7, 11) is 0. The van der Waals surface area contributed by atoms with Gasteiger partial charge in [0.2, 0.25) is 0 Å². The molecule has 0 aliphatic heterocycles. The Kier molecular flexibility index (Phi) is 6.63. The van der Waals surface area contributed by atoms with Crippen LogP contribution < -0.4 is 7.22 Å². The minimum Gasteiger partial charge on any atom is -0.0601 e. The van der Waals surface area contributed by atoms with E-state index in [9.17, 15) is 0 Å². The Morgan fingerprint density at radius 1 is 0.424 bits per heavy atom. The zero-order chi connectivity index (χ0) is 22.3. The third-order valence-electron chi connectivity index (χ3n) is 4.96. The summed E-state index contributed by atoms with van der Waals surface area (Å²) in [6.07, 6.45) is 0. The van der Waals surface area contributed by atoms with E-state index in [0.717, 1.165) is 28.3 Å². The maximum absolute atomic E-state index is 4.63. The molecule has 5 rings (SSSR count). The molecule has 0 bridgehead atoms. The van der Waals surface area contributed by atoms with Crippen molar-refractivity contribution >= 4 is 50.9 Å². The van der Waals surface area contributed by atoms with Crippen LogP contribution >= 0.6 is 0 Å². The topological polar surface area (TPSA) is 49.4 Å². The van der Waals surface area contributed by atoms with Crippen LogP contribution in [0.25, 0.3) is 11.1 Å². The molecule has 0 amide bonds. The Hall–Kier alpha value is -3.65. The average Bonchev–Trinajstić information content (AvgIpc) is 3.02. The fourth-order valence-corrected chi connectivity index (χ4v) is 6.26. The molecule has 0 heterocycles. The standard InChI is InChI=1S/C28H20N4Te/c1-4-11-21(12-5-1)29-30-22-13-10-14-23(19-22)31-32-27-20-28(33-24-15-6-2-7-16-24)26-18-9-3-8-17-25(26)27/h1-20H. The van der Waals surface area contributed by atoms with E-state index in [1.807, 2.05) is 54.6 Å². The molecule has 0 saturated heterocycles. The monoisotopic (exact) mass is 542 g/mol. The first-order valence-corrected chi connectivity index (χ1v) is 12.9. The summed E-state index contributed by atoms with van der Waals surface area (Å²) in [5.74, 6) is 0.